The molecule has 0 saturated heterocycles. The van der Waals surface area contributed by atoms with Crippen molar-refractivity contribution in [1.29, 1.82) is 0 Å². The Morgan fingerprint density at radius 1 is 1.33 bits per heavy atom. The van der Waals surface area contributed by atoms with Crippen molar-refractivity contribution in [2.24, 2.45) is 5.41 Å². The normalized spacial score (nSPS) is 15.8. The van der Waals surface area contributed by atoms with Crippen molar-refractivity contribution >= 4 is 33.6 Å². The number of aliphatic carboxylic acids is 1. The standard InChI is InChI=1S/C12H13BrN2O3/c13-8-3-1-2-4-9(8)15-11(18)14-7-12(5-6-12)10(16)17/h1-4H,5-7H2,(H,16,17)(H2,14,15,18). The van der Waals surface area contributed by atoms with Crippen LogP contribution in [0.2, 0.25) is 0 Å². The second-order valence-electron chi connectivity index (χ2n) is 4.37. The summed E-state index contributed by atoms with van der Waals surface area (Å²) in [6, 6.07) is 6.83. The Labute approximate surface area is 113 Å². The summed E-state index contributed by atoms with van der Waals surface area (Å²) in [7, 11) is 0. The van der Waals surface area contributed by atoms with Gasteiger partial charge in [0.15, 0.2) is 0 Å². The van der Waals surface area contributed by atoms with Gasteiger partial charge in [-0.05, 0) is 40.9 Å². The summed E-state index contributed by atoms with van der Waals surface area (Å²) >= 11 is 3.31. The molecule has 2 amide bonds. The molecule has 0 bridgehead atoms. The lowest BCUT2D eigenvalue weighted by atomic mass is 10.1. The Bertz CT molecular complexity index is 486. The SMILES string of the molecule is O=C(NCC1(C(=O)O)CC1)Nc1ccccc1Br. The molecule has 1 aliphatic carbocycles. The van der Waals surface area contributed by atoms with E-state index in [1.807, 2.05) is 12.1 Å². The van der Waals surface area contributed by atoms with Crippen LogP contribution in [-0.4, -0.2) is 23.7 Å². The molecule has 5 nitrogen and oxygen atoms in total. The monoisotopic (exact) mass is 312 g/mol. The molecule has 0 atom stereocenters. The molecule has 1 fully saturated rings. The van der Waals surface area contributed by atoms with E-state index < -0.39 is 17.4 Å². The molecule has 1 aliphatic rings. The number of nitrogens with one attached hydrogen (secondary N) is 2. The number of benzene rings is 1. The quantitative estimate of drug-likeness (QED) is 0.799. The Balaban J connectivity index is 1.87. The van der Waals surface area contributed by atoms with Crippen LogP contribution in [0.4, 0.5) is 10.5 Å². The number of carboxylic acids is 1. The first kappa shape index (κ1) is 12.9. The van der Waals surface area contributed by atoms with E-state index in [2.05, 4.69) is 26.6 Å². The molecule has 18 heavy (non-hydrogen) atoms. The van der Waals surface area contributed by atoms with Gasteiger partial charge in [-0.1, -0.05) is 12.1 Å². The summed E-state index contributed by atoms with van der Waals surface area (Å²) in [6.07, 6.45) is 1.25. The predicted molar refractivity (Wildman–Crippen MR) is 70.5 cm³/mol. The molecule has 2 rings (SSSR count). The molecule has 6 heteroatoms. The van der Waals surface area contributed by atoms with Gasteiger partial charge in [0.05, 0.1) is 11.1 Å². The summed E-state index contributed by atoms with van der Waals surface area (Å²) in [5.74, 6) is -0.844. The molecule has 0 aromatic heterocycles. The minimum atomic E-state index is -0.844. The van der Waals surface area contributed by atoms with Crippen LogP contribution in [-0.2, 0) is 4.79 Å². The zero-order valence-corrected chi connectivity index (χ0v) is 11.2. The van der Waals surface area contributed by atoms with Gasteiger partial charge in [0, 0.05) is 11.0 Å². The average Bonchev–Trinajstić information content (AvgIpc) is 3.11. The van der Waals surface area contributed by atoms with Crippen LogP contribution in [0.15, 0.2) is 28.7 Å². The zero-order chi connectivity index (χ0) is 13.2. The second kappa shape index (κ2) is 4.97. The van der Waals surface area contributed by atoms with Gasteiger partial charge in [-0.3, -0.25) is 4.79 Å². The Morgan fingerprint density at radius 2 is 2.00 bits per heavy atom. The highest BCUT2D eigenvalue weighted by Crippen LogP contribution is 2.45. The second-order valence-corrected chi connectivity index (χ2v) is 5.23. The van der Waals surface area contributed by atoms with Crippen LogP contribution in [0.5, 0.6) is 0 Å². The first-order chi connectivity index (χ1) is 8.53. The predicted octanol–water partition coefficient (Wildman–Crippen LogP) is 2.44. The third-order valence-corrected chi connectivity index (χ3v) is 3.71. The highest BCUT2D eigenvalue weighted by atomic mass is 79.9. The molecule has 0 aliphatic heterocycles. The van der Waals surface area contributed by atoms with Crippen LogP contribution in [0.1, 0.15) is 12.8 Å². The molecule has 0 heterocycles. The molecule has 1 aromatic rings. The van der Waals surface area contributed by atoms with E-state index in [1.165, 1.54) is 0 Å². The molecular formula is C12H13BrN2O3. The van der Waals surface area contributed by atoms with Gasteiger partial charge in [-0.25, -0.2) is 4.79 Å². The maximum atomic E-state index is 11.6. The Kier molecular flexibility index (Phi) is 3.56. The summed E-state index contributed by atoms with van der Waals surface area (Å²) in [4.78, 5) is 22.6. The number of anilines is 1. The van der Waals surface area contributed by atoms with E-state index in [0.29, 0.717) is 18.5 Å². The minimum Gasteiger partial charge on any atom is -0.481 e. The molecule has 3 N–H and O–H groups in total. The molecule has 1 saturated carbocycles. The van der Waals surface area contributed by atoms with Crippen molar-refractivity contribution in [3.63, 3.8) is 0 Å². The third-order valence-electron chi connectivity index (χ3n) is 3.02. The fraction of sp³-hybridized carbons (Fsp3) is 0.333. The summed E-state index contributed by atoms with van der Waals surface area (Å²) in [6.45, 7) is 0.165. The summed E-state index contributed by atoms with van der Waals surface area (Å²) in [5, 5.41) is 14.2. The number of para-hydroxylation sites is 1. The smallest absolute Gasteiger partial charge is 0.319 e. The lowest BCUT2D eigenvalue weighted by molar-refractivity contribution is -0.143. The fourth-order valence-corrected chi connectivity index (χ4v) is 1.98. The molecule has 0 unspecified atom stereocenters. The topological polar surface area (TPSA) is 78.4 Å². The third kappa shape index (κ3) is 2.81. The van der Waals surface area contributed by atoms with Crippen LogP contribution < -0.4 is 10.6 Å². The van der Waals surface area contributed by atoms with Gasteiger partial charge >= 0.3 is 12.0 Å². The van der Waals surface area contributed by atoms with Gasteiger partial charge in [-0.2, -0.15) is 0 Å². The molecule has 1 aromatic carbocycles. The fourth-order valence-electron chi connectivity index (χ4n) is 1.60. The first-order valence-electron chi connectivity index (χ1n) is 5.56. The maximum Gasteiger partial charge on any atom is 0.319 e. The molecule has 0 radical (unpaired) electrons. The number of rotatable bonds is 4. The highest BCUT2D eigenvalue weighted by Gasteiger charge is 2.50. The molecule has 0 spiro atoms. The lowest BCUT2D eigenvalue weighted by Gasteiger charge is -2.12. The van der Waals surface area contributed by atoms with Crippen molar-refractivity contribution in [3.8, 4) is 0 Å². The van der Waals surface area contributed by atoms with Crippen LogP contribution >= 0.6 is 15.9 Å². The van der Waals surface area contributed by atoms with E-state index in [1.54, 1.807) is 12.1 Å². The number of hydrogen-bond donors (Lipinski definition) is 3. The van der Waals surface area contributed by atoms with Crippen molar-refractivity contribution in [2.75, 3.05) is 11.9 Å². The number of carbonyl (C=O) groups excluding carboxylic acids is 1. The van der Waals surface area contributed by atoms with E-state index in [4.69, 9.17) is 5.11 Å². The zero-order valence-electron chi connectivity index (χ0n) is 9.57. The Morgan fingerprint density at radius 3 is 2.56 bits per heavy atom. The number of carbonyl (C=O) groups is 2. The van der Waals surface area contributed by atoms with E-state index in [9.17, 15) is 9.59 Å². The number of halogens is 1. The largest absolute Gasteiger partial charge is 0.481 e. The number of urea groups is 1. The average molecular weight is 313 g/mol. The van der Waals surface area contributed by atoms with E-state index in [0.717, 1.165) is 4.47 Å². The summed E-state index contributed by atoms with van der Waals surface area (Å²) in [5.41, 5.74) is -0.0965. The minimum absolute atomic E-state index is 0.165. The Hall–Kier alpha value is -1.56. The van der Waals surface area contributed by atoms with Gasteiger partial charge in [-0.15, -0.1) is 0 Å². The molecule has 96 valence electrons. The number of carboxylic acid groups (broad SMARTS) is 1. The highest BCUT2D eigenvalue weighted by molar-refractivity contribution is 9.10. The maximum absolute atomic E-state index is 11.6. The first-order valence-corrected chi connectivity index (χ1v) is 6.36. The van der Waals surface area contributed by atoms with Gasteiger partial charge in [0.2, 0.25) is 0 Å². The van der Waals surface area contributed by atoms with Crippen molar-refractivity contribution in [2.45, 2.75) is 12.8 Å². The van der Waals surface area contributed by atoms with Crippen LogP contribution in [0.3, 0.4) is 0 Å². The van der Waals surface area contributed by atoms with Crippen molar-refractivity contribution < 1.29 is 14.7 Å². The van der Waals surface area contributed by atoms with Gasteiger partial charge in [0.1, 0.15) is 0 Å². The van der Waals surface area contributed by atoms with Gasteiger partial charge < -0.3 is 15.7 Å². The van der Waals surface area contributed by atoms with Crippen molar-refractivity contribution in [3.05, 3.63) is 28.7 Å². The van der Waals surface area contributed by atoms with Crippen LogP contribution in [0, 0.1) is 5.41 Å². The van der Waals surface area contributed by atoms with Crippen molar-refractivity contribution in [1.82, 2.24) is 5.32 Å². The van der Waals surface area contributed by atoms with E-state index in [-0.39, 0.29) is 6.54 Å². The lowest BCUT2D eigenvalue weighted by Crippen LogP contribution is -2.36. The van der Waals surface area contributed by atoms with Gasteiger partial charge in [0.25, 0.3) is 0 Å². The van der Waals surface area contributed by atoms with E-state index >= 15 is 0 Å². The number of amides is 2. The van der Waals surface area contributed by atoms with Crippen LogP contribution in [0.25, 0.3) is 0 Å². The summed E-state index contributed by atoms with van der Waals surface area (Å²) < 4.78 is 0.777. The number of hydrogen-bond acceptors (Lipinski definition) is 2. The molecular weight excluding hydrogens is 300 g/mol.